The van der Waals surface area contributed by atoms with E-state index in [1.165, 1.54) is 19.3 Å². The van der Waals surface area contributed by atoms with Crippen LogP contribution in [0.25, 0.3) is 0 Å². The summed E-state index contributed by atoms with van der Waals surface area (Å²) >= 11 is 0. The maximum Gasteiger partial charge on any atom is 0.343 e. The topological polar surface area (TPSA) is 61.8 Å². The van der Waals surface area contributed by atoms with Crippen molar-refractivity contribution in [2.24, 2.45) is 5.92 Å². The highest BCUT2D eigenvalue weighted by Gasteiger charge is 2.49. The quantitative estimate of drug-likeness (QED) is 0.192. The molecule has 2 saturated carbocycles. The highest BCUT2D eigenvalue weighted by molar-refractivity contribution is 5.84. The smallest absolute Gasteiger partial charge is 0.343 e. The van der Waals surface area contributed by atoms with Gasteiger partial charge in [0.2, 0.25) is 0 Å². The van der Waals surface area contributed by atoms with Gasteiger partial charge < -0.3 is 14.2 Å². The monoisotopic (exact) mass is 512 g/mol. The van der Waals surface area contributed by atoms with Crippen LogP contribution in [0.2, 0.25) is 0 Å². The summed E-state index contributed by atoms with van der Waals surface area (Å²) in [4.78, 5) is 26.4. The van der Waals surface area contributed by atoms with Crippen LogP contribution in [0.1, 0.15) is 135 Å². The summed E-state index contributed by atoms with van der Waals surface area (Å²) in [6, 6.07) is 4.23. The van der Waals surface area contributed by atoms with Gasteiger partial charge in [0.15, 0.2) is 5.60 Å². The lowest BCUT2D eigenvalue weighted by molar-refractivity contribution is -0.163. The number of unbranched alkanes of at least 4 members (excludes halogenated alkanes) is 3. The summed E-state index contributed by atoms with van der Waals surface area (Å²) in [7, 11) is 1.62. The van der Waals surface area contributed by atoms with Gasteiger partial charge in [0, 0.05) is 37.4 Å². The summed E-state index contributed by atoms with van der Waals surface area (Å²) in [5.74, 6) is 1.52. The van der Waals surface area contributed by atoms with E-state index in [9.17, 15) is 9.59 Å². The van der Waals surface area contributed by atoms with Crippen molar-refractivity contribution in [3.63, 3.8) is 0 Å². The summed E-state index contributed by atoms with van der Waals surface area (Å²) in [6.07, 6.45) is 12.2. The van der Waals surface area contributed by atoms with Crippen molar-refractivity contribution in [1.29, 1.82) is 0 Å². The fraction of sp³-hybridized carbons (Fsp3) is 0.750. The molecule has 1 heterocycles. The van der Waals surface area contributed by atoms with Crippen LogP contribution in [-0.2, 0) is 19.7 Å². The average molecular weight is 513 g/mol. The predicted molar refractivity (Wildman–Crippen MR) is 146 cm³/mol. The normalized spacial score (nSPS) is 24.5. The zero-order valence-electron chi connectivity index (χ0n) is 24.0. The van der Waals surface area contributed by atoms with Crippen molar-refractivity contribution < 1.29 is 23.8 Å². The summed E-state index contributed by atoms with van der Waals surface area (Å²) in [6.45, 7) is 11.0. The summed E-state index contributed by atoms with van der Waals surface area (Å²) < 4.78 is 18.8. The lowest BCUT2D eigenvalue weighted by atomic mass is 9.66. The number of methoxy groups -OCH3 is 1. The molecular weight excluding hydrogens is 464 g/mol. The van der Waals surface area contributed by atoms with Crippen LogP contribution in [0.5, 0.6) is 11.5 Å². The molecule has 4 rings (SSSR count). The second-order valence-electron chi connectivity index (χ2n) is 12.9. The van der Waals surface area contributed by atoms with Crippen molar-refractivity contribution in [2.75, 3.05) is 7.11 Å². The van der Waals surface area contributed by atoms with Crippen molar-refractivity contribution in [3.8, 4) is 11.5 Å². The minimum Gasteiger partial charge on any atom is -0.487 e. The molecule has 0 bridgehead atoms. The molecule has 1 aliphatic heterocycles. The van der Waals surface area contributed by atoms with Crippen LogP contribution in [0, 0.1) is 5.92 Å². The molecule has 2 atom stereocenters. The zero-order valence-corrected chi connectivity index (χ0v) is 24.0. The molecule has 0 aromatic heterocycles. The van der Waals surface area contributed by atoms with Gasteiger partial charge >= 0.3 is 5.97 Å². The van der Waals surface area contributed by atoms with E-state index >= 15 is 0 Å². The Labute approximate surface area is 224 Å². The Kier molecular flexibility index (Phi) is 8.43. The Hall–Kier alpha value is -1.88. The maximum atomic E-state index is 13.7. The number of carbonyl (C=O) groups excluding carboxylic acids is 2. The van der Waals surface area contributed by atoms with Crippen molar-refractivity contribution in [3.05, 3.63) is 23.3 Å². The molecule has 5 nitrogen and oxygen atoms in total. The van der Waals surface area contributed by atoms with Crippen molar-refractivity contribution in [1.82, 2.24) is 0 Å². The molecule has 2 unspecified atom stereocenters. The standard InChI is InChI=1S/C32H48O5/c1-7-8-9-11-16-30(2,3)22-19-26(36-29(34)32(35-6)17-12-10-13-18-32)28-24-21-23(33)14-15-25(24)31(4,5)37-27(28)20-22/h19-20,24-25H,7-18,21H2,1-6H3. The van der Waals surface area contributed by atoms with Gasteiger partial charge in [0.05, 0.1) is 0 Å². The Morgan fingerprint density at radius 2 is 1.84 bits per heavy atom. The molecule has 0 saturated heterocycles. The zero-order chi connectivity index (χ0) is 26.8. The number of fused-ring (bicyclic) bond motifs is 3. The first-order valence-electron chi connectivity index (χ1n) is 14.7. The number of benzene rings is 1. The number of rotatable bonds is 9. The lowest BCUT2D eigenvalue weighted by Crippen LogP contribution is -2.48. The second kappa shape index (κ2) is 11.1. The van der Waals surface area contributed by atoms with E-state index in [1.807, 2.05) is 0 Å². The van der Waals surface area contributed by atoms with Crippen LogP contribution >= 0.6 is 0 Å². The van der Waals surface area contributed by atoms with E-state index in [4.69, 9.17) is 14.2 Å². The van der Waals surface area contributed by atoms with Crippen molar-refractivity contribution in [2.45, 2.75) is 141 Å². The molecule has 0 radical (unpaired) electrons. The molecule has 1 aromatic carbocycles. The third-order valence-electron chi connectivity index (χ3n) is 9.47. The molecule has 0 spiro atoms. The van der Waals surface area contributed by atoms with Gasteiger partial charge in [-0.05, 0) is 75.5 Å². The largest absolute Gasteiger partial charge is 0.487 e. The van der Waals surface area contributed by atoms with Crippen LogP contribution < -0.4 is 9.47 Å². The van der Waals surface area contributed by atoms with Crippen LogP contribution in [-0.4, -0.2) is 30.1 Å². The van der Waals surface area contributed by atoms with Gasteiger partial charge in [0.25, 0.3) is 0 Å². The maximum absolute atomic E-state index is 13.7. The molecule has 206 valence electrons. The second-order valence-corrected chi connectivity index (χ2v) is 12.9. The SMILES string of the molecule is CCCCCCC(C)(C)c1cc(OC(=O)C2(OC)CCCCC2)c2c(c1)OC(C)(C)C1CCC(=O)CC21. The van der Waals surface area contributed by atoms with Gasteiger partial charge in [0.1, 0.15) is 22.9 Å². The number of ether oxygens (including phenoxy) is 3. The number of ketones is 1. The number of esters is 1. The Morgan fingerprint density at radius 1 is 1.11 bits per heavy atom. The molecule has 2 aliphatic carbocycles. The molecular formula is C32H48O5. The fourth-order valence-electron chi connectivity index (χ4n) is 6.97. The summed E-state index contributed by atoms with van der Waals surface area (Å²) in [5.41, 5.74) is 0.643. The van der Waals surface area contributed by atoms with E-state index in [0.29, 0.717) is 31.4 Å². The molecule has 0 amide bonds. The van der Waals surface area contributed by atoms with Gasteiger partial charge in [-0.2, -0.15) is 0 Å². The van der Waals surface area contributed by atoms with Crippen molar-refractivity contribution >= 4 is 11.8 Å². The average Bonchev–Trinajstić information content (AvgIpc) is 2.86. The van der Waals surface area contributed by atoms with E-state index < -0.39 is 5.60 Å². The Morgan fingerprint density at radius 3 is 2.51 bits per heavy atom. The first-order valence-corrected chi connectivity index (χ1v) is 14.7. The summed E-state index contributed by atoms with van der Waals surface area (Å²) in [5, 5.41) is 0. The van der Waals surface area contributed by atoms with E-state index in [-0.39, 0.29) is 34.6 Å². The molecule has 1 aromatic rings. The Balaban J connectivity index is 1.76. The number of hydrogen-bond acceptors (Lipinski definition) is 5. The van der Waals surface area contributed by atoms with Crippen LogP contribution in [0.4, 0.5) is 0 Å². The molecule has 2 fully saturated rings. The highest BCUT2D eigenvalue weighted by Crippen LogP contribution is 2.55. The number of hydrogen-bond donors (Lipinski definition) is 0. The van der Waals surface area contributed by atoms with Gasteiger partial charge in [-0.3, -0.25) is 4.79 Å². The molecule has 0 N–H and O–H groups in total. The molecule has 5 heteroatoms. The fourth-order valence-corrected chi connectivity index (χ4v) is 6.97. The first-order chi connectivity index (χ1) is 17.5. The van der Waals surface area contributed by atoms with E-state index in [0.717, 1.165) is 55.4 Å². The molecule has 37 heavy (non-hydrogen) atoms. The molecule has 3 aliphatic rings. The lowest BCUT2D eigenvalue weighted by Gasteiger charge is -2.47. The van der Waals surface area contributed by atoms with E-state index in [2.05, 4.69) is 46.8 Å². The highest BCUT2D eigenvalue weighted by atomic mass is 16.6. The van der Waals surface area contributed by atoms with Crippen LogP contribution in [0.3, 0.4) is 0 Å². The number of carbonyl (C=O) groups is 2. The van der Waals surface area contributed by atoms with Gasteiger partial charge in [-0.15, -0.1) is 0 Å². The van der Waals surface area contributed by atoms with Crippen LogP contribution in [0.15, 0.2) is 12.1 Å². The predicted octanol–water partition coefficient (Wildman–Crippen LogP) is 7.81. The Bertz CT molecular complexity index is 985. The first kappa shape index (κ1) is 28.1. The van der Waals surface area contributed by atoms with Gasteiger partial charge in [-0.25, -0.2) is 4.79 Å². The minimum absolute atomic E-state index is 0.00522. The third-order valence-corrected chi connectivity index (χ3v) is 9.47. The van der Waals surface area contributed by atoms with E-state index in [1.54, 1.807) is 7.11 Å². The third kappa shape index (κ3) is 5.77. The van der Waals surface area contributed by atoms with Gasteiger partial charge in [-0.1, -0.05) is 52.9 Å². The number of Topliss-reactive ketones (excluding diaryl/α,β-unsaturated/α-hetero) is 1. The minimum atomic E-state index is -0.895.